The fraction of sp³-hybridized carbons (Fsp3) is 0.308. The summed E-state index contributed by atoms with van der Waals surface area (Å²) < 4.78 is 125. The Labute approximate surface area is 216 Å². The lowest BCUT2D eigenvalue weighted by Gasteiger charge is -2.33. The van der Waals surface area contributed by atoms with Gasteiger partial charge in [0.2, 0.25) is 0 Å². The highest BCUT2D eigenvalue weighted by molar-refractivity contribution is 5.67. The van der Waals surface area contributed by atoms with Crippen LogP contribution in [0.3, 0.4) is 0 Å². The molecule has 0 spiro atoms. The number of aliphatic hydroxyl groups excluding tert-OH is 1. The maximum atomic E-state index is 13.2. The van der Waals surface area contributed by atoms with Crippen molar-refractivity contribution in [2.75, 3.05) is 18.0 Å². The van der Waals surface area contributed by atoms with E-state index in [-0.39, 0.29) is 29.8 Å². The molecule has 1 heterocycles. The van der Waals surface area contributed by atoms with Crippen LogP contribution in [0.1, 0.15) is 16.7 Å². The first-order chi connectivity index (χ1) is 18.1. The fourth-order valence-corrected chi connectivity index (χ4v) is 4.82. The van der Waals surface area contributed by atoms with Gasteiger partial charge in [-0.05, 0) is 53.4 Å². The summed E-state index contributed by atoms with van der Waals surface area (Å²) >= 11 is 0. The van der Waals surface area contributed by atoms with Crippen LogP contribution in [0.15, 0.2) is 72.8 Å². The lowest BCUT2D eigenvalue weighted by molar-refractivity contribution is -0.275. The number of benzene rings is 3. The van der Waals surface area contributed by atoms with Crippen LogP contribution in [-0.2, 0) is 11.8 Å². The third-order valence-electron chi connectivity index (χ3n) is 6.25. The number of rotatable bonds is 7. The first-order valence-electron chi connectivity index (χ1n) is 11.4. The second-order valence-corrected chi connectivity index (χ2v) is 8.98. The van der Waals surface area contributed by atoms with Gasteiger partial charge >= 0.3 is 18.9 Å². The molecule has 4 rings (SSSR count). The van der Waals surface area contributed by atoms with Crippen LogP contribution in [0, 0.1) is 0 Å². The maximum absolute atomic E-state index is 13.2. The Morgan fingerprint density at radius 1 is 0.769 bits per heavy atom. The lowest BCUT2D eigenvalue weighted by Crippen LogP contribution is -2.44. The van der Waals surface area contributed by atoms with E-state index in [1.54, 1.807) is 18.2 Å². The summed E-state index contributed by atoms with van der Waals surface area (Å²) in [6.07, 6.45) is -17.8. The summed E-state index contributed by atoms with van der Waals surface area (Å²) in [6, 6.07) is 16.0. The number of ether oxygens (including phenoxy) is 2. The number of fused-ring (bicyclic) bond motifs is 1. The topological polar surface area (TPSA) is 41.9 Å². The molecular formula is C26H20F9NO3. The molecule has 0 aliphatic carbocycles. The average molecular weight is 565 g/mol. The van der Waals surface area contributed by atoms with Crippen LogP contribution in [0.5, 0.6) is 11.5 Å². The van der Waals surface area contributed by atoms with Crippen LogP contribution in [0.2, 0.25) is 0 Å². The van der Waals surface area contributed by atoms with Gasteiger partial charge in [0.1, 0.15) is 11.5 Å². The zero-order valence-electron chi connectivity index (χ0n) is 19.7. The normalized spacial score (nSPS) is 18.6. The predicted octanol–water partition coefficient (Wildman–Crippen LogP) is 6.76. The van der Waals surface area contributed by atoms with Crippen molar-refractivity contribution in [3.8, 4) is 11.5 Å². The van der Waals surface area contributed by atoms with Gasteiger partial charge in [0.05, 0.1) is 6.54 Å². The zero-order valence-corrected chi connectivity index (χ0v) is 19.7. The largest absolute Gasteiger partial charge is 0.573 e. The fourth-order valence-electron chi connectivity index (χ4n) is 4.82. The smallest absolute Gasteiger partial charge is 0.406 e. The molecule has 3 aromatic rings. The summed E-state index contributed by atoms with van der Waals surface area (Å²) in [5.74, 6) is -1.13. The number of aliphatic hydroxyl groups is 1. The van der Waals surface area contributed by atoms with Gasteiger partial charge in [-0.3, -0.25) is 0 Å². The van der Waals surface area contributed by atoms with E-state index in [1.807, 2.05) is 0 Å². The van der Waals surface area contributed by atoms with Crippen molar-refractivity contribution in [3.05, 3.63) is 89.5 Å². The van der Waals surface area contributed by atoms with E-state index in [0.717, 1.165) is 24.3 Å². The molecule has 0 fully saturated rings. The Hall–Kier alpha value is -3.61. The van der Waals surface area contributed by atoms with Crippen LogP contribution in [0.4, 0.5) is 45.2 Å². The Morgan fingerprint density at radius 3 is 1.97 bits per heavy atom. The highest BCUT2D eigenvalue weighted by atomic mass is 19.4. The first kappa shape index (κ1) is 28.4. The zero-order chi connectivity index (χ0) is 28.6. The van der Waals surface area contributed by atoms with Crippen LogP contribution >= 0.6 is 0 Å². The third kappa shape index (κ3) is 6.70. The Bertz CT molecular complexity index is 1310. The third-order valence-corrected chi connectivity index (χ3v) is 6.25. The summed E-state index contributed by atoms with van der Waals surface area (Å²) in [5.41, 5.74) is -0.171. The summed E-state index contributed by atoms with van der Waals surface area (Å²) in [5, 5.41) is 9.78. The van der Waals surface area contributed by atoms with Gasteiger partial charge < -0.3 is 19.5 Å². The van der Waals surface area contributed by atoms with E-state index in [1.165, 1.54) is 35.2 Å². The molecular weight excluding hydrogens is 545 g/mol. The van der Waals surface area contributed by atoms with Crippen LogP contribution in [0.25, 0.3) is 0 Å². The van der Waals surface area contributed by atoms with Crippen molar-refractivity contribution in [1.82, 2.24) is 0 Å². The number of halogens is 9. The molecule has 2 atom stereocenters. The predicted molar refractivity (Wildman–Crippen MR) is 121 cm³/mol. The van der Waals surface area contributed by atoms with Gasteiger partial charge in [-0.15, -0.1) is 26.3 Å². The molecule has 3 aromatic carbocycles. The number of hydrogen-bond donors (Lipinski definition) is 1. The standard InChI is InChI=1S/C26H20F9NO3/c27-24(28,29)22(37)14-36-15-23(20-9-1-2-10-21(20)36,17-6-4-8-19(12-17)39-26(33,34)35)13-16-5-3-7-18(11-16)38-25(30,31)32/h1-12,22,37H,13-15H2/t22-,23?/m1/s1. The van der Waals surface area contributed by atoms with E-state index in [2.05, 4.69) is 9.47 Å². The Kier molecular flexibility index (Phi) is 7.41. The molecule has 0 radical (unpaired) electrons. The Morgan fingerprint density at radius 2 is 1.36 bits per heavy atom. The highest BCUT2D eigenvalue weighted by Gasteiger charge is 2.47. The molecule has 39 heavy (non-hydrogen) atoms. The number of nitrogens with zero attached hydrogens (tertiary/aromatic N) is 1. The van der Waals surface area contributed by atoms with Gasteiger partial charge in [0, 0.05) is 17.6 Å². The number of anilines is 1. The molecule has 1 aliphatic heterocycles. The first-order valence-corrected chi connectivity index (χ1v) is 11.4. The van der Waals surface area contributed by atoms with Gasteiger partial charge in [-0.25, -0.2) is 0 Å². The molecule has 1 unspecified atom stereocenters. The molecule has 1 aliphatic rings. The van der Waals surface area contributed by atoms with E-state index >= 15 is 0 Å². The lowest BCUT2D eigenvalue weighted by atomic mass is 9.71. The molecule has 0 saturated carbocycles. The van der Waals surface area contributed by atoms with Crippen LogP contribution in [-0.4, -0.2) is 43.2 Å². The van der Waals surface area contributed by atoms with Crippen molar-refractivity contribution < 1.29 is 54.1 Å². The summed E-state index contributed by atoms with van der Waals surface area (Å²) in [7, 11) is 0. The second kappa shape index (κ2) is 10.2. The molecule has 0 saturated heterocycles. The minimum atomic E-state index is -5.02. The number of alkyl halides is 9. The van der Waals surface area contributed by atoms with Crippen molar-refractivity contribution >= 4 is 5.69 Å². The molecule has 0 amide bonds. The quantitative estimate of drug-likeness (QED) is 0.322. The van der Waals surface area contributed by atoms with Gasteiger partial charge in [0.15, 0.2) is 6.10 Å². The van der Waals surface area contributed by atoms with Crippen molar-refractivity contribution in [3.63, 3.8) is 0 Å². The van der Waals surface area contributed by atoms with Gasteiger partial charge in [-0.1, -0.05) is 42.5 Å². The molecule has 1 N–H and O–H groups in total. The average Bonchev–Trinajstić information content (AvgIpc) is 3.11. The van der Waals surface area contributed by atoms with Crippen molar-refractivity contribution in [2.24, 2.45) is 0 Å². The number of para-hydroxylation sites is 1. The van der Waals surface area contributed by atoms with Gasteiger partial charge in [0.25, 0.3) is 0 Å². The maximum Gasteiger partial charge on any atom is 0.573 e. The van der Waals surface area contributed by atoms with Crippen molar-refractivity contribution in [2.45, 2.75) is 36.8 Å². The minimum Gasteiger partial charge on any atom is -0.406 e. The molecule has 210 valence electrons. The Balaban J connectivity index is 1.84. The second-order valence-electron chi connectivity index (χ2n) is 8.98. The molecule has 13 heteroatoms. The number of hydrogen-bond acceptors (Lipinski definition) is 4. The van der Waals surface area contributed by atoms with E-state index in [0.29, 0.717) is 5.56 Å². The number of β-amino-alcohol motifs (C(OH)–C–C–N with tert-alkyl or cyclic N) is 1. The SMILES string of the molecule is O[C@H](CN1CC(Cc2cccc(OC(F)(F)F)c2)(c2cccc(OC(F)(F)F)c2)c2ccccc21)C(F)(F)F. The highest BCUT2D eigenvalue weighted by Crippen LogP contribution is 2.48. The minimum absolute atomic E-state index is 0.132. The summed E-state index contributed by atoms with van der Waals surface area (Å²) in [6.45, 7) is -1.11. The summed E-state index contributed by atoms with van der Waals surface area (Å²) in [4.78, 5) is 1.25. The van der Waals surface area contributed by atoms with E-state index < -0.39 is 48.5 Å². The molecule has 4 nitrogen and oxygen atoms in total. The van der Waals surface area contributed by atoms with Crippen LogP contribution < -0.4 is 14.4 Å². The van der Waals surface area contributed by atoms with E-state index in [9.17, 15) is 44.6 Å². The van der Waals surface area contributed by atoms with E-state index in [4.69, 9.17) is 0 Å². The monoisotopic (exact) mass is 565 g/mol. The molecule has 0 aromatic heterocycles. The van der Waals surface area contributed by atoms with Gasteiger partial charge in [-0.2, -0.15) is 13.2 Å². The molecule has 0 bridgehead atoms. The van der Waals surface area contributed by atoms with Crippen molar-refractivity contribution in [1.29, 1.82) is 0 Å².